The molecule has 1 heterocycles. The zero-order valence-corrected chi connectivity index (χ0v) is 18.7. The molecule has 0 radical (unpaired) electrons. The Morgan fingerprint density at radius 2 is 1.35 bits per heavy atom. The third-order valence-electron chi connectivity index (χ3n) is 4.86. The molecule has 0 aliphatic heterocycles. The van der Waals surface area contributed by atoms with Gasteiger partial charge in [0.15, 0.2) is 0 Å². The highest BCUT2D eigenvalue weighted by atomic mass is 19.4. The summed E-state index contributed by atoms with van der Waals surface area (Å²) in [5.74, 6) is 0.328. The van der Waals surface area contributed by atoms with Crippen molar-refractivity contribution < 1.29 is 44.3 Å². The minimum Gasteiger partial charge on any atom is -0.370 e. The van der Waals surface area contributed by atoms with Gasteiger partial charge >= 0.3 is 24.6 Å². The van der Waals surface area contributed by atoms with Crippen molar-refractivity contribution in [3.63, 3.8) is 0 Å². The number of pyridine rings is 1. The molecule has 0 atom stereocenters. The van der Waals surface area contributed by atoms with Crippen LogP contribution in [0, 0.1) is 0 Å². The number of anilines is 3. The van der Waals surface area contributed by atoms with E-state index in [-0.39, 0.29) is 29.3 Å². The van der Waals surface area contributed by atoms with Crippen LogP contribution in [0.15, 0.2) is 54.7 Å². The molecule has 0 bridgehead atoms. The Morgan fingerprint density at radius 1 is 0.757 bits per heavy atom. The van der Waals surface area contributed by atoms with E-state index in [0.29, 0.717) is 18.4 Å². The van der Waals surface area contributed by atoms with E-state index in [1.54, 1.807) is 12.2 Å². The average molecular weight is 536 g/mol. The Bertz CT molecular complexity index is 1250. The topological polar surface area (TPSA) is 66.0 Å². The van der Waals surface area contributed by atoms with Gasteiger partial charge in [-0.1, -0.05) is 6.07 Å². The van der Waals surface area contributed by atoms with E-state index >= 15 is 0 Å². The number of carbonyl (C=O) groups is 1. The Kier molecular flexibility index (Phi) is 7.60. The van der Waals surface area contributed by atoms with Gasteiger partial charge in [0, 0.05) is 24.1 Å². The van der Waals surface area contributed by atoms with Crippen molar-refractivity contribution >= 4 is 23.2 Å². The number of halogens is 9. The molecule has 0 fully saturated rings. The van der Waals surface area contributed by atoms with Crippen LogP contribution in [0.2, 0.25) is 0 Å². The van der Waals surface area contributed by atoms with Gasteiger partial charge < -0.3 is 16.0 Å². The van der Waals surface area contributed by atoms with E-state index in [1.165, 1.54) is 18.3 Å². The van der Waals surface area contributed by atoms with E-state index in [2.05, 4.69) is 10.3 Å². The van der Waals surface area contributed by atoms with Crippen LogP contribution >= 0.6 is 0 Å². The van der Waals surface area contributed by atoms with Gasteiger partial charge in [-0.05, 0) is 60.5 Å². The minimum absolute atomic E-state index is 0.127. The molecule has 0 aliphatic rings. The second-order valence-electron chi connectivity index (χ2n) is 7.59. The van der Waals surface area contributed by atoms with Crippen LogP contribution in [0.4, 0.5) is 61.5 Å². The molecule has 3 N–H and O–H groups in total. The summed E-state index contributed by atoms with van der Waals surface area (Å²) >= 11 is 0. The van der Waals surface area contributed by atoms with Crippen molar-refractivity contribution in [3.8, 4) is 11.1 Å². The maximum Gasteiger partial charge on any atom is 0.417 e. The van der Waals surface area contributed by atoms with Crippen LogP contribution < -0.4 is 16.0 Å². The van der Waals surface area contributed by atoms with Gasteiger partial charge in [0.2, 0.25) is 0 Å². The molecular weight excluding hydrogens is 519 g/mol. The first-order valence-corrected chi connectivity index (χ1v) is 10.4. The molecule has 198 valence electrons. The first kappa shape index (κ1) is 27.6. The molecule has 0 saturated heterocycles. The van der Waals surface area contributed by atoms with Crippen LogP contribution in [-0.2, 0) is 18.5 Å². The fraction of sp³-hybridized carbons (Fsp3) is 0.217. The quantitative estimate of drug-likeness (QED) is 0.291. The van der Waals surface area contributed by atoms with Gasteiger partial charge in [0.1, 0.15) is 5.82 Å². The predicted octanol–water partition coefficient (Wildman–Crippen LogP) is 7.88. The number of alkyl halides is 9. The Balaban J connectivity index is 1.91. The van der Waals surface area contributed by atoms with Crippen LogP contribution in [-0.4, -0.2) is 17.6 Å². The molecule has 3 aromatic rings. The Hall–Kier alpha value is -3.97. The van der Waals surface area contributed by atoms with Gasteiger partial charge in [-0.15, -0.1) is 0 Å². The van der Waals surface area contributed by atoms with Gasteiger partial charge in [-0.25, -0.2) is 9.78 Å². The zero-order chi connectivity index (χ0) is 27.6. The summed E-state index contributed by atoms with van der Waals surface area (Å²) in [5, 5.41) is 6.65. The summed E-state index contributed by atoms with van der Waals surface area (Å²) in [5.41, 5.74) is -5.83. The van der Waals surface area contributed by atoms with Crippen LogP contribution in [0.5, 0.6) is 0 Å². The summed E-state index contributed by atoms with van der Waals surface area (Å²) in [6.07, 6.45) is -13.9. The second-order valence-corrected chi connectivity index (χ2v) is 7.59. The Morgan fingerprint density at radius 3 is 1.89 bits per heavy atom. The van der Waals surface area contributed by atoms with Gasteiger partial charge in [0.05, 0.1) is 16.7 Å². The molecule has 0 spiro atoms. The van der Waals surface area contributed by atoms with Crippen molar-refractivity contribution in [2.75, 3.05) is 22.5 Å². The van der Waals surface area contributed by atoms with Gasteiger partial charge in [-0.3, -0.25) is 0 Å². The first-order chi connectivity index (χ1) is 17.1. The third-order valence-corrected chi connectivity index (χ3v) is 4.86. The normalized spacial score (nSPS) is 12.3. The molecule has 14 heteroatoms. The molecular formula is C23H17F9N4O. The molecule has 1 aromatic heterocycles. The predicted molar refractivity (Wildman–Crippen MR) is 118 cm³/mol. The average Bonchev–Trinajstić information content (AvgIpc) is 2.77. The zero-order valence-electron chi connectivity index (χ0n) is 18.7. The second kappa shape index (κ2) is 10.2. The first-order valence-electron chi connectivity index (χ1n) is 10.4. The van der Waals surface area contributed by atoms with Crippen molar-refractivity contribution in [1.82, 2.24) is 4.98 Å². The highest BCUT2D eigenvalue weighted by molar-refractivity contribution is 6.00. The Labute approximate surface area is 203 Å². The molecule has 37 heavy (non-hydrogen) atoms. The number of benzene rings is 2. The van der Waals surface area contributed by atoms with E-state index in [4.69, 9.17) is 0 Å². The molecule has 5 nitrogen and oxygen atoms in total. The molecule has 0 aliphatic carbocycles. The highest BCUT2D eigenvalue weighted by Gasteiger charge is 2.37. The monoisotopic (exact) mass is 536 g/mol. The molecule has 2 aromatic carbocycles. The molecule has 0 unspecified atom stereocenters. The summed E-state index contributed by atoms with van der Waals surface area (Å²) < 4.78 is 119. The fourth-order valence-corrected chi connectivity index (χ4v) is 3.30. The summed E-state index contributed by atoms with van der Waals surface area (Å²) in [6, 6.07) is 4.55. The van der Waals surface area contributed by atoms with Crippen molar-refractivity contribution in [2.45, 2.75) is 25.5 Å². The molecule has 2 amide bonds. The van der Waals surface area contributed by atoms with E-state index in [0.717, 1.165) is 12.1 Å². The number of hydrogen-bond acceptors (Lipinski definition) is 3. The van der Waals surface area contributed by atoms with Gasteiger partial charge in [0.25, 0.3) is 0 Å². The van der Waals surface area contributed by atoms with E-state index in [9.17, 15) is 44.3 Å². The lowest BCUT2D eigenvalue weighted by Crippen LogP contribution is -2.21. The summed E-state index contributed by atoms with van der Waals surface area (Å²) in [6.45, 7) is 2.24. The number of urea groups is 1. The molecule has 0 saturated carbocycles. The number of nitrogens with zero attached hydrogens (tertiary/aromatic N) is 1. The van der Waals surface area contributed by atoms with Crippen molar-refractivity contribution in [2.24, 2.45) is 0 Å². The third kappa shape index (κ3) is 7.05. The number of nitrogens with one attached hydrogen (secondary N) is 3. The van der Waals surface area contributed by atoms with Crippen LogP contribution in [0.3, 0.4) is 0 Å². The largest absolute Gasteiger partial charge is 0.417 e. The number of rotatable bonds is 5. The minimum atomic E-state index is -5.15. The lowest BCUT2D eigenvalue weighted by atomic mass is 9.99. The molecule has 3 rings (SSSR count). The van der Waals surface area contributed by atoms with Crippen LogP contribution in [0.25, 0.3) is 11.1 Å². The lowest BCUT2D eigenvalue weighted by molar-refractivity contribution is -0.143. The van der Waals surface area contributed by atoms with Crippen molar-refractivity contribution in [1.29, 1.82) is 0 Å². The SMILES string of the molecule is CCNc1cc(-c2ccc(NC(=O)Nc3cc(C(F)(F)F)cc(C(F)(F)F)c3)cc2C(F)(F)F)ccn1. The van der Waals surface area contributed by atoms with E-state index in [1.807, 2.05) is 5.32 Å². The lowest BCUT2D eigenvalue weighted by Gasteiger charge is -2.17. The maximum absolute atomic E-state index is 13.8. The maximum atomic E-state index is 13.8. The summed E-state index contributed by atoms with van der Waals surface area (Å²) in [7, 11) is 0. The summed E-state index contributed by atoms with van der Waals surface area (Å²) in [4.78, 5) is 16.2. The van der Waals surface area contributed by atoms with Crippen molar-refractivity contribution in [3.05, 3.63) is 71.4 Å². The highest BCUT2D eigenvalue weighted by Crippen LogP contribution is 2.40. The van der Waals surface area contributed by atoms with E-state index < -0.39 is 52.6 Å². The number of carbonyl (C=O) groups excluding carboxylic acids is 1. The number of hydrogen-bond donors (Lipinski definition) is 3. The standard InChI is InChI=1S/C23H17F9N4O/c1-2-33-19-7-12(5-6-34-19)17-4-3-15(11-18(17)23(30,31)32)35-20(37)36-16-9-13(21(24,25)26)8-14(10-16)22(27,28)29/h3-11H,2H2,1H3,(H,33,34)(H2,35,36,37). The number of amides is 2. The fourth-order valence-electron chi connectivity index (χ4n) is 3.30. The van der Waals surface area contributed by atoms with Gasteiger partial charge in [-0.2, -0.15) is 39.5 Å². The number of aromatic nitrogens is 1. The van der Waals surface area contributed by atoms with Crippen LogP contribution in [0.1, 0.15) is 23.6 Å². The smallest absolute Gasteiger partial charge is 0.370 e.